The second-order valence-corrected chi connectivity index (χ2v) is 5.13. The molecule has 3 amide bonds. The molecule has 1 heterocycles. The largest absolute Gasteiger partial charge is 0.420 e. The Bertz CT molecular complexity index is 606. The van der Waals surface area contributed by atoms with E-state index in [9.17, 15) is 22.8 Å². The minimum absolute atomic E-state index is 0.0654. The number of halogens is 5. The van der Waals surface area contributed by atoms with Crippen LogP contribution in [0.25, 0.3) is 0 Å². The molecule has 1 aromatic carbocycles. The Morgan fingerprint density at radius 1 is 1.25 bits per heavy atom. The average Bonchev–Trinajstić information content (AvgIpc) is 2.54. The van der Waals surface area contributed by atoms with Crippen LogP contribution in [0, 0.1) is 0 Å². The molecule has 4 nitrogen and oxygen atoms in total. The van der Waals surface area contributed by atoms with Gasteiger partial charge in [0.15, 0.2) is 0 Å². The fourth-order valence-electron chi connectivity index (χ4n) is 1.71. The normalized spacial score (nSPS) is 23.2. The zero-order valence-electron chi connectivity index (χ0n) is 9.89. The lowest BCUT2D eigenvalue weighted by molar-refractivity contribution is -0.187. The number of urea groups is 1. The molecule has 2 rings (SSSR count). The zero-order chi connectivity index (χ0) is 15.3. The molecule has 108 valence electrons. The molecule has 1 saturated heterocycles. The topological polar surface area (TPSA) is 49.4 Å². The van der Waals surface area contributed by atoms with Crippen molar-refractivity contribution < 1.29 is 22.8 Å². The highest BCUT2D eigenvalue weighted by atomic mass is 35.5. The Labute approximate surface area is 121 Å². The molecule has 0 radical (unpaired) electrons. The van der Waals surface area contributed by atoms with Crippen molar-refractivity contribution in [2.45, 2.75) is 18.6 Å². The third kappa shape index (κ3) is 2.10. The number of amides is 3. The fourth-order valence-corrected chi connectivity index (χ4v) is 2.08. The van der Waals surface area contributed by atoms with Crippen LogP contribution in [0.3, 0.4) is 0 Å². The second kappa shape index (κ2) is 4.53. The van der Waals surface area contributed by atoms with E-state index in [1.165, 1.54) is 12.1 Å². The summed E-state index contributed by atoms with van der Waals surface area (Å²) in [4.78, 5) is 24.0. The van der Waals surface area contributed by atoms with E-state index < -0.39 is 23.7 Å². The van der Waals surface area contributed by atoms with E-state index in [1.54, 1.807) is 5.32 Å². The summed E-state index contributed by atoms with van der Waals surface area (Å²) in [6, 6.07) is 2.60. The third-order valence-electron chi connectivity index (χ3n) is 2.91. The van der Waals surface area contributed by atoms with Crippen LogP contribution in [0.4, 0.5) is 23.7 Å². The maximum absolute atomic E-state index is 12.9. The second-order valence-electron chi connectivity index (χ2n) is 4.29. The monoisotopic (exact) mass is 326 g/mol. The number of hydrogen-bond acceptors (Lipinski definition) is 2. The Kier molecular flexibility index (Phi) is 3.38. The summed E-state index contributed by atoms with van der Waals surface area (Å²) >= 11 is 11.5. The van der Waals surface area contributed by atoms with Gasteiger partial charge in [0.25, 0.3) is 5.91 Å². The van der Waals surface area contributed by atoms with Gasteiger partial charge in [-0.15, -0.1) is 0 Å². The number of nitrogens with zero attached hydrogens (tertiary/aromatic N) is 1. The van der Waals surface area contributed by atoms with Gasteiger partial charge in [0.1, 0.15) is 0 Å². The number of imide groups is 1. The first-order chi connectivity index (χ1) is 9.08. The number of rotatable bonds is 1. The lowest BCUT2D eigenvalue weighted by Crippen LogP contribution is -2.56. The molecule has 0 spiro atoms. The summed E-state index contributed by atoms with van der Waals surface area (Å²) in [7, 11) is 0. The van der Waals surface area contributed by atoms with Gasteiger partial charge in [-0.3, -0.25) is 4.79 Å². The predicted octanol–water partition coefficient (Wildman–Crippen LogP) is 3.37. The van der Waals surface area contributed by atoms with E-state index in [2.05, 4.69) is 0 Å². The van der Waals surface area contributed by atoms with Crippen LogP contribution < -0.4 is 10.2 Å². The average molecular weight is 327 g/mol. The van der Waals surface area contributed by atoms with Crippen molar-refractivity contribution in [3.63, 3.8) is 0 Å². The van der Waals surface area contributed by atoms with Gasteiger partial charge >= 0.3 is 12.2 Å². The standard InChI is InChI=1S/C11H7Cl2F3N2O2/c1-10(11(14,15)16)8(19)18(9(20)17-10)7-4-5(12)2-3-6(7)13/h2-4H,1H3,(H,17,20). The molecule has 0 saturated carbocycles. The molecule has 9 heteroatoms. The summed E-state index contributed by atoms with van der Waals surface area (Å²) in [6.45, 7) is 0.589. The van der Waals surface area contributed by atoms with Crippen LogP contribution in [-0.4, -0.2) is 23.7 Å². The first kappa shape index (κ1) is 14.9. The summed E-state index contributed by atoms with van der Waals surface area (Å²) < 4.78 is 38.7. The van der Waals surface area contributed by atoms with Crippen LogP contribution in [-0.2, 0) is 4.79 Å². The molecular formula is C11H7Cl2F3N2O2. The zero-order valence-corrected chi connectivity index (χ0v) is 11.4. The summed E-state index contributed by atoms with van der Waals surface area (Å²) in [6.07, 6.45) is -4.93. The van der Waals surface area contributed by atoms with Crippen molar-refractivity contribution in [1.82, 2.24) is 5.32 Å². The van der Waals surface area contributed by atoms with E-state index in [0.29, 0.717) is 11.8 Å². The van der Waals surface area contributed by atoms with E-state index in [0.717, 1.165) is 6.07 Å². The Hall–Kier alpha value is -1.47. The number of carbonyl (C=O) groups excluding carboxylic acids is 2. The lowest BCUT2D eigenvalue weighted by atomic mass is 10.0. The Morgan fingerprint density at radius 2 is 1.85 bits per heavy atom. The van der Waals surface area contributed by atoms with E-state index >= 15 is 0 Å². The van der Waals surface area contributed by atoms with Gasteiger partial charge in [0, 0.05) is 5.02 Å². The molecule has 1 unspecified atom stereocenters. The molecule has 1 aromatic rings. The van der Waals surface area contributed by atoms with Crippen LogP contribution in [0.5, 0.6) is 0 Å². The van der Waals surface area contributed by atoms with Crippen LogP contribution >= 0.6 is 23.2 Å². The van der Waals surface area contributed by atoms with Crippen LogP contribution in [0.15, 0.2) is 18.2 Å². The van der Waals surface area contributed by atoms with Crippen molar-refractivity contribution in [3.05, 3.63) is 28.2 Å². The first-order valence-electron chi connectivity index (χ1n) is 5.26. The van der Waals surface area contributed by atoms with E-state index in [1.807, 2.05) is 0 Å². The van der Waals surface area contributed by atoms with Crippen molar-refractivity contribution in [3.8, 4) is 0 Å². The molecule has 1 atom stereocenters. The van der Waals surface area contributed by atoms with Crippen molar-refractivity contribution in [1.29, 1.82) is 0 Å². The quantitative estimate of drug-likeness (QED) is 0.804. The maximum atomic E-state index is 12.9. The van der Waals surface area contributed by atoms with Crippen molar-refractivity contribution in [2.24, 2.45) is 0 Å². The molecule has 1 aliphatic heterocycles. The molecular weight excluding hydrogens is 320 g/mol. The smallest absolute Gasteiger partial charge is 0.315 e. The molecule has 20 heavy (non-hydrogen) atoms. The highest BCUT2D eigenvalue weighted by Crippen LogP contribution is 2.39. The Morgan fingerprint density at radius 3 is 2.35 bits per heavy atom. The van der Waals surface area contributed by atoms with Crippen molar-refractivity contribution >= 4 is 40.8 Å². The van der Waals surface area contributed by atoms with Gasteiger partial charge in [-0.2, -0.15) is 13.2 Å². The summed E-state index contributed by atoms with van der Waals surface area (Å²) in [5, 5.41) is 1.69. The first-order valence-corrected chi connectivity index (χ1v) is 6.02. The van der Waals surface area contributed by atoms with Gasteiger partial charge in [-0.05, 0) is 25.1 Å². The van der Waals surface area contributed by atoms with E-state index in [-0.39, 0.29) is 15.7 Å². The number of hydrogen-bond donors (Lipinski definition) is 1. The van der Waals surface area contributed by atoms with Gasteiger partial charge < -0.3 is 5.32 Å². The van der Waals surface area contributed by atoms with Gasteiger partial charge in [0.2, 0.25) is 5.54 Å². The number of benzene rings is 1. The van der Waals surface area contributed by atoms with E-state index in [4.69, 9.17) is 23.2 Å². The Balaban J connectivity index is 2.52. The lowest BCUT2D eigenvalue weighted by Gasteiger charge is -2.24. The van der Waals surface area contributed by atoms with Crippen LogP contribution in [0.1, 0.15) is 6.92 Å². The van der Waals surface area contributed by atoms with Gasteiger partial charge in [-0.25, -0.2) is 9.69 Å². The number of alkyl halides is 3. The molecule has 1 aliphatic rings. The molecule has 0 aromatic heterocycles. The van der Waals surface area contributed by atoms with Crippen LogP contribution in [0.2, 0.25) is 10.0 Å². The highest BCUT2D eigenvalue weighted by molar-refractivity contribution is 6.38. The summed E-state index contributed by atoms with van der Waals surface area (Å²) in [5.74, 6) is -1.46. The number of anilines is 1. The summed E-state index contributed by atoms with van der Waals surface area (Å²) in [5.41, 5.74) is -3.19. The minimum Gasteiger partial charge on any atom is -0.315 e. The van der Waals surface area contributed by atoms with Gasteiger partial charge in [-0.1, -0.05) is 23.2 Å². The molecule has 0 bridgehead atoms. The predicted molar refractivity (Wildman–Crippen MR) is 66.9 cm³/mol. The number of nitrogens with one attached hydrogen (secondary N) is 1. The van der Waals surface area contributed by atoms with Gasteiger partial charge in [0.05, 0.1) is 10.7 Å². The SMILES string of the molecule is CC1(C(F)(F)F)NC(=O)N(c2cc(Cl)ccc2Cl)C1=O. The minimum atomic E-state index is -4.93. The molecule has 1 N–H and O–H groups in total. The number of carbonyl (C=O) groups is 2. The molecule has 1 fully saturated rings. The third-order valence-corrected chi connectivity index (χ3v) is 3.46. The van der Waals surface area contributed by atoms with Crippen molar-refractivity contribution in [2.75, 3.05) is 4.90 Å². The molecule has 0 aliphatic carbocycles. The highest BCUT2D eigenvalue weighted by Gasteiger charge is 2.64. The fraction of sp³-hybridized carbons (Fsp3) is 0.273. The maximum Gasteiger partial charge on any atom is 0.420 e.